The van der Waals surface area contributed by atoms with Gasteiger partial charge in [-0.1, -0.05) is 64.1 Å². The van der Waals surface area contributed by atoms with E-state index in [4.69, 9.17) is 43.4 Å². The fourth-order valence-electron chi connectivity index (χ4n) is 3.64. The molecule has 2 aromatic rings. The zero-order chi connectivity index (χ0) is 38.6. The van der Waals surface area contributed by atoms with Gasteiger partial charge in [-0.05, 0) is 68.3 Å². The number of carbonyl (C=O) groups excluding carboxylic acids is 1. The van der Waals surface area contributed by atoms with Crippen LogP contribution in [0.3, 0.4) is 0 Å². The van der Waals surface area contributed by atoms with Crippen molar-refractivity contribution in [3.05, 3.63) is 60.7 Å². The number of benzene rings is 2. The number of anilines is 2. The molecule has 16 nitrogen and oxygen atoms in total. The lowest BCUT2D eigenvalue weighted by Crippen LogP contribution is -2.36. The molecule has 50 heavy (non-hydrogen) atoms. The molecule has 1 aliphatic rings. The monoisotopic (exact) mass is 708 g/mol. The van der Waals surface area contributed by atoms with Crippen molar-refractivity contribution in [2.45, 2.75) is 77.5 Å². The summed E-state index contributed by atoms with van der Waals surface area (Å²) >= 11 is 0. The summed E-state index contributed by atoms with van der Waals surface area (Å²) in [5.41, 5.74) is 22.5. The molecule has 1 aliphatic heterocycles. The van der Waals surface area contributed by atoms with Crippen LogP contribution in [0, 0.1) is 11.8 Å². The van der Waals surface area contributed by atoms with Crippen molar-refractivity contribution in [3.63, 3.8) is 0 Å². The summed E-state index contributed by atoms with van der Waals surface area (Å²) in [7, 11) is 0. The van der Waals surface area contributed by atoms with Crippen molar-refractivity contribution < 1.29 is 49.1 Å². The molecule has 3 rings (SSSR count). The third-order valence-corrected chi connectivity index (χ3v) is 6.19. The normalized spacial score (nSPS) is 14.6. The molecule has 282 valence electrons. The summed E-state index contributed by atoms with van der Waals surface area (Å²) in [5.74, 6) is -3.71. The number of carbonyl (C=O) groups is 5. The Kier molecular flexibility index (Phi) is 26.8. The number of esters is 1. The van der Waals surface area contributed by atoms with Gasteiger partial charge in [-0.2, -0.15) is 0 Å². The summed E-state index contributed by atoms with van der Waals surface area (Å²) in [6.45, 7) is 8.03. The average Bonchev–Trinajstić information content (AvgIpc) is 3.61. The number of hydrogen-bond acceptors (Lipinski definition) is 12. The highest BCUT2D eigenvalue weighted by Gasteiger charge is 2.20. The second kappa shape index (κ2) is 28.3. The molecule has 4 atom stereocenters. The second-order valence-corrected chi connectivity index (χ2v) is 11.8. The maximum absolute atomic E-state index is 10.3. The van der Waals surface area contributed by atoms with Gasteiger partial charge in [-0.3, -0.25) is 24.0 Å². The molecule has 1 heterocycles. The Morgan fingerprint density at radius 3 is 1.38 bits per heavy atom. The van der Waals surface area contributed by atoms with E-state index in [1.54, 1.807) is 0 Å². The molecule has 1 saturated heterocycles. The van der Waals surface area contributed by atoms with Gasteiger partial charge < -0.3 is 58.7 Å². The number of ether oxygens (including phenoxy) is 1. The number of nitrogens with one attached hydrogen (secondary N) is 2. The highest BCUT2D eigenvalue weighted by Crippen LogP contribution is 2.14. The summed E-state index contributed by atoms with van der Waals surface area (Å²) in [6, 6.07) is 17.5. The Hall–Kier alpha value is -4.61. The maximum atomic E-state index is 10.3. The smallest absolute Gasteiger partial charge is 0.324 e. The van der Waals surface area contributed by atoms with Crippen LogP contribution in [0.4, 0.5) is 11.4 Å². The minimum atomic E-state index is -1.21. The van der Waals surface area contributed by atoms with Gasteiger partial charge in [0.25, 0.3) is 0 Å². The topological polar surface area (TPSA) is 304 Å². The van der Waals surface area contributed by atoms with Crippen molar-refractivity contribution in [1.29, 1.82) is 0 Å². The zero-order valence-corrected chi connectivity index (χ0v) is 29.2. The first-order valence-electron chi connectivity index (χ1n) is 16.0. The van der Waals surface area contributed by atoms with Crippen LogP contribution in [-0.2, 0) is 28.7 Å². The first-order chi connectivity index (χ1) is 23.4. The van der Waals surface area contributed by atoms with Gasteiger partial charge in [0.1, 0.15) is 30.8 Å². The van der Waals surface area contributed by atoms with Gasteiger partial charge in [0.15, 0.2) is 0 Å². The largest absolute Gasteiger partial charge is 0.480 e. The van der Waals surface area contributed by atoms with Gasteiger partial charge in [-0.25, -0.2) is 0 Å². The molecule has 0 aliphatic carbocycles. The number of hydrogen-bond donors (Lipinski definition) is 10. The molecule has 0 radical (unpaired) electrons. The molecule has 2 aromatic carbocycles. The highest BCUT2D eigenvalue weighted by molar-refractivity contribution is 5.75. The van der Waals surface area contributed by atoms with Crippen molar-refractivity contribution in [2.75, 3.05) is 25.0 Å². The molecule has 0 unspecified atom stereocenters. The number of carboxylic acids is 4. The summed E-state index contributed by atoms with van der Waals surface area (Å²) in [5, 5.41) is 39.3. The minimum Gasteiger partial charge on any atom is -0.480 e. The van der Waals surface area contributed by atoms with Gasteiger partial charge in [-0.15, -0.1) is 0 Å². The Morgan fingerprint density at radius 2 is 1.14 bits per heavy atom. The Bertz CT molecular complexity index is 1170. The minimum absolute atomic E-state index is 0.269. The second-order valence-electron chi connectivity index (χ2n) is 11.8. The lowest BCUT2D eigenvalue weighted by Gasteiger charge is -2.07. The fraction of sp³-hybridized carbons (Fsp3) is 0.500. The molecule has 0 aromatic heterocycles. The molecule has 0 amide bonds. The van der Waals surface area contributed by atoms with Gasteiger partial charge in [0.2, 0.25) is 0 Å². The van der Waals surface area contributed by atoms with Crippen LogP contribution in [0.5, 0.6) is 0 Å². The van der Waals surface area contributed by atoms with Crippen LogP contribution in [0.1, 0.15) is 53.4 Å². The molecule has 0 spiro atoms. The zero-order valence-electron chi connectivity index (χ0n) is 29.2. The predicted octanol–water partition coefficient (Wildman–Crippen LogP) is 2.04. The lowest BCUT2D eigenvalue weighted by molar-refractivity contribution is -0.147. The van der Waals surface area contributed by atoms with E-state index in [0.29, 0.717) is 24.7 Å². The third-order valence-electron chi connectivity index (χ3n) is 6.19. The molecule has 0 bridgehead atoms. The van der Waals surface area contributed by atoms with Crippen LogP contribution in [-0.4, -0.2) is 94.1 Å². The Labute approximate surface area is 293 Å². The SMILES string of the molecule is CC(C)C[C@H](N)C(=O)O.CC(C)C[C@H](N)C(=O)O.NCC(=O)OC[C@H](N)C(=O)O.O=C(O)[C@@H]1CCCN1.c1ccc(Nc2ccccc2)cc1. The van der Waals surface area contributed by atoms with Crippen LogP contribution < -0.4 is 33.6 Å². The number of aliphatic carboxylic acids is 4. The summed E-state index contributed by atoms with van der Waals surface area (Å²) in [6.07, 6.45) is 2.89. The van der Waals surface area contributed by atoms with Crippen molar-refractivity contribution in [2.24, 2.45) is 34.8 Å². The molecular weight excluding hydrogens is 652 g/mol. The number of carboxylic acid groups (broad SMARTS) is 4. The van der Waals surface area contributed by atoms with E-state index in [1.165, 1.54) is 0 Å². The van der Waals surface area contributed by atoms with E-state index in [-0.39, 0.29) is 19.2 Å². The first kappa shape index (κ1) is 47.5. The average molecular weight is 709 g/mol. The van der Waals surface area contributed by atoms with E-state index in [1.807, 2.05) is 88.4 Å². The first-order valence-corrected chi connectivity index (χ1v) is 16.0. The van der Waals surface area contributed by atoms with Crippen LogP contribution in [0.15, 0.2) is 60.7 Å². The Balaban J connectivity index is 0. The third kappa shape index (κ3) is 27.4. The standard InChI is InChI=1S/C12H11N.2C6H13NO2.C5H10N2O4.C5H9NO2/c1-3-7-11(8-4-1)13-12-9-5-2-6-10-12;2*1-4(2)3-5(7)6(8)9;6-1-4(8)11-2-3(7)5(9)10;7-5(8)4-2-1-3-6-4/h1-10,13H;2*4-5H,3,7H2,1-2H3,(H,8,9);3H,1-2,6-7H2,(H,9,10);4,6H,1-3H2,(H,7,8)/t;2*5-;3-;4-/m.0000/s1. The van der Waals surface area contributed by atoms with Crippen molar-refractivity contribution >= 4 is 41.2 Å². The molecular formula is C34H56N6O10. The molecule has 14 N–H and O–H groups in total. The van der Waals surface area contributed by atoms with E-state index in [2.05, 4.69) is 15.4 Å². The van der Waals surface area contributed by atoms with Crippen molar-refractivity contribution in [3.8, 4) is 0 Å². The quantitative estimate of drug-likeness (QED) is 0.133. The molecule has 1 fully saturated rings. The molecule has 16 heteroatoms. The Morgan fingerprint density at radius 1 is 0.740 bits per heavy atom. The number of rotatable bonds is 13. The van der Waals surface area contributed by atoms with Crippen molar-refractivity contribution in [1.82, 2.24) is 5.32 Å². The molecule has 0 saturated carbocycles. The van der Waals surface area contributed by atoms with Crippen LogP contribution >= 0.6 is 0 Å². The van der Waals surface area contributed by atoms with Gasteiger partial charge in [0.05, 0.1) is 6.54 Å². The van der Waals surface area contributed by atoms with E-state index in [9.17, 15) is 24.0 Å². The maximum Gasteiger partial charge on any atom is 0.324 e. The highest BCUT2D eigenvalue weighted by atomic mass is 16.5. The number of nitrogens with two attached hydrogens (primary N) is 4. The van der Waals surface area contributed by atoms with Crippen LogP contribution in [0.2, 0.25) is 0 Å². The van der Waals surface area contributed by atoms with E-state index >= 15 is 0 Å². The van der Waals surface area contributed by atoms with Crippen LogP contribution in [0.25, 0.3) is 0 Å². The van der Waals surface area contributed by atoms with Gasteiger partial charge in [0, 0.05) is 11.4 Å². The fourth-order valence-corrected chi connectivity index (χ4v) is 3.64. The van der Waals surface area contributed by atoms with E-state index < -0.39 is 48.0 Å². The predicted molar refractivity (Wildman–Crippen MR) is 191 cm³/mol. The lowest BCUT2D eigenvalue weighted by atomic mass is 10.1. The number of para-hydroxylation sites is 2. The summed E-state index contributed by atoms with van der Waals surface area (Å²) < 4.78 is 4.34. The van der Waals surface area contributed by atoms with E-state index in [0.717, 1.165) is 30.8 Å². The van der Waals surface area contributed by atoms with Gasteiger partial charge >= 0.3 is 29.8 Å². The summed E-state index contributed by atoms with van der Waals surface area (Å²) in [4.78, 5) is 50.8.